The lowest BCUT2D eigenvalue weighted by molar-refractivity contribution is 0.0956. The predicted octanol–water partition coefficient (Wildman–Crippen LogP) is 3.02. The van der Waals surface area contributed by atoms with Gasteiger partial charge in [0.25, 0.3) is 0 Å². The molecule has 0 aromatic carbocycles. The number of ether oxygens (including phenoxy) is 1. The van der Waals surface area contributed by atoms with Crippen molar-refractivity contribution < 1.29 is 4.74 Å². The second kappa shape index (κ2) is 5.21. The number of rotatable bonds is 2. The summed E-state index contributed by atoms with van der Waals surface area (Å²) in [4.78, 5) is 8.02. The van der Waals surface area contributed by atoms with Crippen LogP contribution in [-0.2, 0) is 0 Å². The third kappa shape index (κ3) is 2.89. The van der Waals surface area contributed by atoms with Gasteiger partial charge in [-0.2, -0.15) is 0 Å². The number of halogens is 1. The number of hydrogen-bond acceptors (Lipinski definition) is 4. The Morgan fingerprint density at radius 3 is 2.76 bits per heavy atom. The zero-order valence-electron chi connectivity index (χ0n) is 10.2. The lowest BCUT2D eigenvalue weighted by atomic mass is 9.80. The first kappa shape index (κ1) is 12.6. The lowest BCUT2D eigenvalue weighted by Gasteiger charge is -2.32. The van der Waals surface area contributed by atoms with Gasteiger partial charge < -0.3 is 10.5 Å². The summed E-state index contributed by atoms with van der Waals surface area (Å²) in [5, 5.41) is 0. The highest BCUT2D eigenvalue weighted by Crippen LogP contribution is 2.34. The maximum atomic E-state index is 5.91. The summed E-state index contributed by atoms with van der Waals surface area (Å²) < 4.78 is 6.57. The molecule has 4 nitrogen and oxygen atoms in total. The van der Waals surface area contributed by atoms with E-state index in [0.717, 1.165) is 18.8 Å². The van der Waals surface area contributed by atoms with E-state index < -0.39 is 0 Å². The molecule has 0 radical (unpaired) electrons. The van der Waals surface area contributed by atoms with E-state index in [4.69, 9.17) is 10.5 Å². The zero-order chi connectivity index (χ0) is 12.4. The molecular formula is C12H18BrN3O. The van der Waals surface area contributed by atoms with Crippen LogP contribution in [0, 0.1) is 11.8 Å². The number of aromatic nitrogens is 2. The molecule has 1 saturated carbocycles. The van der Waals surface area contributed by atoms with Crippen molar-refractivity contribution >= 4 is 21.7 Å². The molecule has 2 N–H and O–H groups in total. The van der Waals surface area contributed by atoms with E-state index in [2.05, 4.69) is 39.7 Å². The summed E-state index contributed by atoms with van der Waals surface area (Å²) in [5.41, 5.74) is 5.70. The van der Waals surface area contributed by atoms with Crippen LogP contribution in [0.3, 0.4) is 0 Å². The van der Waals surface area contributed by atoms with E-state index in [-0.39, 0.29) is 6.10 Å². The molecule has 1 aliphatic carbocycles. The van der Waals surface area contributed by atoms with E-state index >= 15 is 0 Å². The molecule has 1 aromatic heterocycles. The normalized spacial score (nSPS) is 29.0. The lowest BCUT2D eigenvalue weighted by Crippen LogP contribution is -2.29. The molecule has 2 rings (SSSR count). The van der Waals surface area contributed by atoms with Gasteiger partial charge in [0.1, 0.15) is 22.7 Å². The minimum atomic E-state index is 0.242. The fourth-order valence-corrected chi connectivity index (χ4v) is 2.51. The second-order valence-electron chi connectivity index (χ2n) is 4.89. The molecule has 1 aromatic rings. The molecule has 17 heavy (non-hydrogen) atoms. The molecule has 0 aliphatic heterocycles. The Bertz CT molecular complexity index is 399. The summed E-state index contributed by atoms with van der Waals surface area (Å²) >= 11 is 3.36. The van der Waals surface area contributed by atoms with E-state index in [1.54, 1.807) is 0 Å². The maximum Gasteiger partial charge on any atom is 0.233 e. The van der Waals surface area contributed by atoms with Gasteiger partial charge >= 0.3 is 0 Å². The van der Waals surface area contributed by atoms with Crippen LogP contribution in [0.25, 0.3) is 0 Å². The van der Waals surface area contributed by atoms with Crippen molar-refractivity contribution in [3.05, 3.63) is 10.8 Å². The fraction of sp³-hybridized carbons (Fsp3) is 0.667. The third-order valence-electron chi connectivity index (χ3n) is 3.61. The molecule has 5 heteroatoms. The second-order valence-corrected chi connectivity index (χ2v) is 5.68. The number of anilines is 1. The van der Waals surface area contributed by atoms with E-state index in [1.807, 2.05) is 0 Å². The maximum absolute atomic E-state index is 5.91. The first-order valence-corrected chi connectivity index (χ1v) is 6.80. The molecule has 94 valence electrons. The molecule has 0 saturated heterocycles. The van der Waals surface area contributed by atoms with Gasteiger partial charge in [-0.05, 0) is 47.0 Å². The number of nitrogen functional groups attached to an aromatic ring is 1. The molecule has 0 bridgehead atoms. The summed E-state index contributed by atoms with van der Waals surface area (Å²) in [7, 11) is 0. The van der Waals surface area contributed by atoms with Crippen molar-refractivity contribution in [2.45, 2.75) is 39.2 Å². The molecule has 0 amide bonds. The Morgan fingerprint density at radius 2 is 2.06 bits per heavy atom. The minimum absolute atomic E-state index is 0.242. The molecular weight excluding hydrogens is 282 g/mol. The average Bonchev–Trinajstić information content (AvgIpc) is 2.30. The Labute approximate surface area is 110 Å². The summed E-state index contributed by atoms with van der Waals surface area (Å²) in [6, 6.07) is 0. The van der Waals surface area contributed by atoms with Crippen LogP contribution >= 0.6 is 15.9 Å². The summed E-state index contributed by atoms with van der Waals surface area (Å²) in [6.07, 6.45) is 5.06. The molecule has 1 heterocycles. The van der Waals surface area contributed by atoms with Gasteiger partial charge in [-0.25, -0.2) is 9.97 Å². The van der Waals surface area contributed by atoms with Gasteiger partial charge in [-0.1, -0.05) is 13.8 Å². The van der Waals surface area contributed by atoms with Gasteiger partial charge in [0.2, 0.25) is 5.88 Å². The van der Waals surface area contributed by atoms with Crippen LogP contribution in [-0.4, -0.2) is 16.1 Å². The third-order valence-corrected chi connectivity index (χ3v) is 4.36. The van der Waals surface area contributed by atoms with Gasteiger partial charge in [-0.15, -0.1) is 0 Å². The SMILES string of the molecule is CC1CCC(Oc2ncnc(N)c2Br)CC1C. The van der Waals surface area contributed by atoms with Crippen LogP contribution in [0.5, 0.6) is 5.88 Å². The molecule has 0 spiro atoms. The van der Waals surface area contributed by atoms with Crippen LogP contribution < -0.4 is 10.5 Å². The monoisotopic (exact) mass is 299 g/mol. The fourth-order valence-electron chi connectivity index (χ4n) is 2.21. The summed E-state index contributed by atoms with van der Waals surface area (Å²) in [5.74, 6) is 2.47. The Balaban J connectivity index is 2.04. The van der Waals surface area contributed by atoms with Crippen LogP contribution in [0.4, 0.5) is 5.82 Å². The quantitative estimate of drug-likeness (QED) is 0.912. The highest BCUT2D eigenvalue weighted by Gasteiger charge is 2.26. The standard InChI is InChI=1S/C12H18BrN3O/c1-7-3-4-9(5-8(7)2)17-12-10(13)11(14)15-6-16-12/h6-9H,3-5H2,1-2H3,(H2,14,15,16). The topological polar surface area (TPSA) is 61.0 Å². The zero-order valence-corrected chi connectivity index (χ0v) is 11.8. The van der Waals surface area contributed by atoms with Crippen molar-refractivity contribution in [3.63, 3.8) is 0 Å². The van der Waals surface area contributed by atoms with Gasteiger partial charge in [-0.3, -0.25) is 0 Å². The van der Waals surface area contributed by atoms with E-state index in [9.17, 15) is 0 Å². The summed E-state index contributed by atoms with van der Waals surface area (Å²) in [6.45, 7) is 4.59. The Kier molecular flexibility index (Phi) is 3.86. The van der Waals surface area contributed by atoms with Crippen LogP contribution in [0.15, 0.2) is 10.8 Å². The Hall–Kier alpha value is -0.840. The first-order valence-electron chi connectivity index (χ1n) is 6.00. The predicted molar refractivity (Wildman–Crippen MR) is 70.7 cm³/mol. The Morgan fingerprint density at radius 1 is 1.29 bits per heavy atom. The van der Waals surface area contributed by atoms with Crippen LogP contribution in [0.1, 0.15) is 33.1 Å². The smallest absolute Gasteiger partial charge is 0.233 e. The molecule has 1 fully saturated rings. The minimum Gasteiger partial charge on any atom is -0.473 e. The largest absolute Gasteiger partial charge is 0.473 e. The van der Waals surface area contributed by atoms with Gasteiger partial charge in [0.15, 0.2) is 0 Å². The first-order chi connectivity index (χ1) is 8.08. The number of nitrogens with two attached hydrogens (primary N) is 1. The van der Waals surface area contributed by atoms with E-state index in [1.165, 1.54) is 12.7 Å². The van der Waals surface area contributed by atoms with Crippen molar-refractivity contribution in [2.75, 3.05) is 5.73 Å². The van der Waals surface area contributed by atoms with Gasteiger partial charge in [0, 0.05) is 0 Å². The molecule has 3 unspecified atom stereocenters. The highest BCUT2D eigenvalue weighted by atomic mass is 79.9. The highest BCUT2D eigenvalue weighted by molar-refractivity contribution is 9.10. The van der Waals surface area contributed by atoms with Crippen molar-refractivity contribution in [1.82, 2.24) is 9.97 Å². The van der Waals surface area contributed by atoms with Crippen LogP contribution in [0.2, 0.25) is 0 Å². The number of nitrogens with zero attached hydrogens (tertiary/aromatic N) is 2. The van der Waals surface area contributed by atoms with Gasteiger partial charge in [0.05, 0.1) is 0 Å². The van der Waals surface area contributed by atoms with Crippen molar-refractivity contribution in [3.8, 4) is 5.88 Å². The van der Waals surface area contributed by atoms with E-state index in [0.29, 0.717) is 22.1 Å². The average molecular weight is 300 g/mol. The molecule has 3 atom stereocenters. The number of hydrogen-bond donors (Lipinski definition) is 1. The van der Waals surface area contributed by atoms with Crippen molar-refractivity contribution in [2.24, 2.45) is 11.8 Å². The van der Waals surface area contributed by atoms with Crippen molar-refractivity contribution in [1.29, 1.82) is 0 Å². The molecule has 1 aliphatic rings.